The minimum Gasteiger partial charge on any atom is -0.369 e. The van der Waals surface area contributed by atoms with Gasteiger partial charge in [0.25, 0.3) is 5.91 Å². The van der Waals surface area contributed by atoms with E-state index in [2.05, 4.69) is 20.9 Å². The number of anilines is 3. The molecule has 0 bridgehead atoms. The predicted octanol–water partition coefficient (Wildman–Crippen LogP) is 4.79. The van der Waals surface area contributed by atoms with Crippen molar-refractivity contribution in [1.29, 1.82) is 0 Å². The van der Waals surface area contributed by atoms with Crippen molar-refractivity contribution in [1.82, 2.24) is 10.3 Å². The number of nitrogens with zero attached hydrogens (tertiary/aromatic N) is 1. The number of hydrogen-bond donors (Lipinski definition) is 6. The zero-order valence-electron chi connectivity index (χ0n) is 20.6. The van der Waals surface area contributed by atoms with Crippen LogP contribution in [0.4, 0.5) is 17.2 Å². The zero-order chi connectivity index (χ0) is 27.5. The van der Waals surface area contributed by atoms with Crippen molar-refractivity contribution >= 4 is 46.3 Å². The van der Waals surface area contributed by atoms with E-state index in [1.807, 2.05) is 30.3 Å². The van der Waals surface area contributed by atoms with Gasteiger partial charge in [0, 0.05) is 29.6 Å². The average molecular weight is 565 g/mol. The number of aliphatic hydroxyl groups excluding tert-OH is 2. The molecule has 1 aromatic heterocycles. The third-order valence-corrected chi connectivity index (χ3v) is 7.18. The zero-order valence-corrected chi connectivity index (χ0v) is 22.1. The van der Waals surface area contributed by atoms with E-state index in [1.54, 1.807) is 36.5 Å². The third kappa shape index (κ3) is 6.16. The highest BCUT2D eigenvalue weighted by atomic mass is 35.5. The van der Waals surface area contributed by atoms with E-state index in [-0.39, 0.29) is 22.0 Å². The van der Waals surface area contributed by atoms with Gasteiger partial charge in [-0.15, -0.1) is 0 Å². The second kappa shape index (κ2) is 11.6. The fourth-order valence-corrected chi connectivity index (χ4v) is 5.05. The molecule has 1 unspecified atom stereocenters. The lowest BCUT2D eigenvalue weighted by Gasteiger charge is -2.23. The highest BCUT2D eigenvalue weighted by Crippen LogP contribution is 2.33. The molecule has 200 valence electrons. The monoisotopic (exact) mass is 564 g/mol. The number of nitrogens with one attached hydrogen (secondary N) is 3. The van der Waals surface area contributed by atoms with Crippen LogP contribution in [0.25, 0.3) is 0 Å². The first-order valence-corrected chi connectivity index (χ1v) is 13.0. The Hall–Kier alpha value is -3.66. The summed E-state index contributed by atoms with van der Waals surface area (Å²) in [7, 11) is 0. The summed E-state index contributed by atoms with van der Waals surface area (Å²) in [5.74, 6) is 0.210. The first-order valence-electron chi connectivity index (χ1n) is 12.3. The van der Waals surface area contributed by atoms with E-state index in [4.69, 9.17) is 23.2 Å². The van der Waals surface area contributed by atoms with Crippen LogP contribution in [-0.2, 0) is 12.8 Å². The number of aliphatic hydroxyl groups is 3. The number of rotatable bonds is 8. The van der Waals surface area contributed by atoms with Crippen LogP contribution in [0.2, 0.25) is 10.0 Å². The molecule has 1 aliphatic heterocycles. The molecule has 0 aliphatic carbocycles. The van der Waals surface area contributed by atoms with Crippen molar-refractivity contribution in [2.45, 2.75) is 31.4 Å². The van der Waals surface area contributed by atoms with E-state index in [1.165, 1.54) is 12.1 Å². The van der Waals surface area contributed by atoms with Gasteiger partial charge in [0.2, 0.25) is 0 Å². The highest BCUT2D eigenvalue weighted by Gasteiger charge is 2.23. The first-order chi connectivity index (χ1) is 18.8. The van der Waals surface area contributed by atoms with E-state index in [0.717, 1.165) is 34.6 Å². The number of fused-ring (bicyclic) bond motifs is 2. The highest BCUT2D eigenvalue weighted by molar-refractivity contribution is 6.39. The van der Waals surface area contributed by atoms with Gasteiger partial charge >= 0.3 is 0 Å². The maximum atomic E-state index is 12.7. The van der Waals surface area contributed by atoms with Crippen LogP contribution >= 0.6 is 23.2 Å². The lowest BCUT2D eigenvalue weighted by molar-refractivity contribution is -0.0647. The Bertz CT molecular complexity index is 1480. The predicted molar refractivity (Wildman–Crippen MR) is 151 cm³/mol. The smallest absolute Gasteiger partial charge is 0.254 e. The summed E-state index contributed by atoms with van der Waals surface area (Å²) < 4.78 is 0. The molecule has 8 nitrogen and oxygen atoms in total. The topological polar surface area (TPSA) is 127 Å². The van der Waals surface area contributed by atoms with Gasteiger partial charge in [0.05, 0.1) is 21.7 Å². The molecule has 0 saturated carbocycles. The van der Waals surface area contributed by atoms with Crippen LogP contribution in [0.3, 0.4) is 0 Å². The summed E-state index contributed by atoms with van der Waals surface area (Å²) in [6.07, 6.45) is -0.117. The summed E-state index contributed by atoms with van der Waals surface area (Å²) in [6.45, 7) is 0. The van der Waals surface area contributed by atoms with Crippen molar-refractivity contribution in [2.24, 2.45) is 0 Å². The second-order valence-corrected chi connectivity index (χ2v) is 10.1. The number of hydrogen-bond acceptors (Lipinski definition) is 7. The minimum atomic E-state index is -1.81. The number of amides is 1. The Kier molecular flexibility index (Phi) is 8.02. The molecule has 1 amide bonds. The molecule has 2 heterocycles. The summed E-state index contributed by atoms with van der Waals surface area (Å²) >= 11 is 12.2. The van der Waals surface area contributed by atoms with E-state index in [0.29, 0.717) is 11.3 Å². The van der Waals surface area contributed by atoms with Crippen LogP contribution in [0.1, 0.15) is 38.8 Å². The van der Waals surface area contributed by atoms with Gasteiger partial charge in [-0.2, -0.15) is 0 Å². The number of carbonyl (C=O) groups is 1. The number of benzene rings is 3. The number of halogens is 2. The lowest BCUT2D eigenvalue weighted by Crippen LogP contribution is -2.45. The van der Waals surface area contributed by atoms with Crippen molar-refractivity contribution in [3.05, 3.63) is 117 Å². The molecule has 1 aliphatic rings. The molecule has 0 radical (unpaired) electrons. The first kappa shape index (κ1) is 26.9. The molecule has 39 heavy (non-hydrogen) atoms. The van der Waals surface area contributed by atoms with Crippen LogP contribution in [0, 0.1) is 0 Å². The van der Waals surface area contributed by atoms with Gasteiger partial charge < -0.3 is 31.3 Å². The summed E-state index contributed by atoms with van der Waals surface area (Å²) in [5, 5.41) is 39.9. The van der Waals surface area contributed by atoms with Crippen molar-refractivity contribution < 1.29 is 20.1 Å². The van der Waals surface area contributed by atoms with Crippen LogP contribution in [0.15, 0.2) is 79.0 Å². The quantitative estimate of drug-likeness (QED) is 0.149. The molecule has 4 aromatic rings. The third-order valence-electron chi connectivity index (χ3n) is 6.55. The van der Waals surface area contributed by atoms with Crippen molar-refractivity contribution in [2.75, 3.05) is 10.6 Å². The molecular formula is C29H26Cl2N4O4. The van der Waals surface area contributed by atoms with Crippen LogP contribution in [-0.4, -0.2) is 38.5 Å². The van der Waals surface area contributed by atoms with Crippen LogP contribution in [0.5, 0.6) is 0 Å². The largest absolute Gasteiger partial charge is 0.369 e. The fraction of sp³-hybridized carbons (Fsp3) is 0.172. The molecule has 0 fully saturated rings. The van der Waals surface area contributed by atoms with E-state index in [9.17, 15) is 20.1 Å². The van der Waals surface area contributed by atoms with E-state index < -0.39 is 24.5 Å². The molecule has 5 rings (SSSR count). The molecule has 0 saturated heterocycles. The Morgan fingerprint density at radius 1 is 0.949 bits per heavy atom. The average Bonchev–Trinajstić information content (AvgIpc) is 2.92. The standard InChI is InChI=1S/C29H26Cl2N4O4/c30-21-4-1-5-22(31)25(21)28(37)35-24(29(38)39)13-16-6-10-20(11-7-16)33-27(36)19-9-8-17-14-18-3-2-12-32-26(18)34-23(17)15-19/h1-12,15,24,27,29,33,36,38-39H,13-14H2,(H,32,34)(H,35,37)/t24-,27?/m0/s1. The van der Waals surface area contributed by atoms with Crippen LogP contribution < -0.4 is 16.0 Å². The Morgan fingerprint density at radius 3 is 2.41 bits per heavy atom. The van der Waals surface area contributed by atoms with Crippen molar-refractivity contribution in [3.8, 4) is 0 Å². The normalized spacial score (nSPS) is 13.6. The second-order valence-electron chi connectivity index (χ2n) is 9.27. The van der Waals surface area contributed by atoms with Gasteiger partial charge in [0.15, 0.2) is 12.5 Å². The van der Waals surface area contributed by atoms with Gasteiger partial charge in [-0.3, -0.25) is 4.79 Å². The van der Waals surface area contributed by atoms with Crippen molar-refractivity contribution in [3.63, 3.8) is 0 Å². The SMILES string of the molecule is O=C(N[C@@H](Cc1ccc(NC(O)c2ccc3c(c2)Nc2ncccc2C3)cc1)C(O)O)c1c(Cl)cccc1Cl. The summed E-state index contributed by atoms with van der Waals surface area (Å²) in [6, 6.07) is 20.5. The molecule has 10 heteroatoms. The molecule has 6 N–H and O–H groups in total. The molecule has 0 spiro atoms. The van der Waals surface area contributed by atoms with Gasteiger partial charge in [0.1, 0.15) is 5.82 Å². The van der Waals surface area contributed by atoms with Gasteiger partial charge in [-0.05, 0) is 59.5 Å². The molecule has 3 aromatic carbocycles. The van der Waals surface area contributed by atoms with Gasteiger partial charge in [-0.1, -0.05) is 59.6 Å². The summed E-state index contributed by atoms with van der Waals surface area (Å²) in [4.78, 5) is 17.1. The number of carbonyl (C=O) groups excluding carboxylic acids is 1. The Balaban J connectivity index is 1.22. The molecule has 2 atom stereocenters. The minimum absolute atomic E-state index is 0.0675. The maximum Gasteiger partial charge on any atom is 0.254 e. The van der Waals surface area contributed by atoms with Gasteiger partial charge in [-0.25, -0.2) is 4.98 Å². The number of pyridine rings is 1. The summed E-state index contributed by atoms with van der Waals surface area (Å²) in [5.41, 5.74) is 5.32. The number of aromatic nitrogens is 1. The fourth-order valence-electron chi connectivity index (χ4n) is 4.48. The molecular weight excluding hydrogens is 539 g/mol. The Labute approximate surface area is 235 Å². The lowest BCUT2D eigenvalue weighted by atomic mass is 9.98. The Morgan fingerprint density at radius 2 is 1.69 bits per heavy atom. The van der Waals surface area contributed by atoms with E-state index >= 15 is 0 Å². The maximum absolute atomic E-state index is 12.7.